The van der Waals surface area contributed by atoms with Gasteiger partial charge in [-0.2, -0.15) is 0 Å². The fourth-order valence-corrected chi connectivity index (χ4v) is 8.64. The number of carbonyl (C=O) groups is 1. The van der Waals surface area contributed by atoms with Crippen molar-refractivity contribution in [2.75, 3.05) is 6.61 Å². The van der Waals surface area contributed by atoms with E-state index in [0.717, 1.165) is 38.5 Å². The highest BCUT2D eigenvalue weighted by atomic mass is 16.3. The fourth-order valence-electron chi connectivity index (χ4n) is 8.64. The summed E-state index contributed by atoms with van der Waals surface area (Å²) >= 11 is 0. The molecule has 0 aromatic rings. The molecule has 0 fully saturated rings. The van der Waals surface area contributed by atoms with Gasteiger partial charge in [-0.3, -0.25) is 4.79 Å². The van der Waals surface area contributed by atoms with Crippen molar-refractivity contribution in [2.45, 2.75) is 321 Å². The first-order chi connectivity index (χ1) is 28.5. The summed E-state index contributed by atoms with van der Waals surface area (Å²) in [5, 5.41) is 43.7. The van der Waals surface area contributed by atoms with Gasteiger partial charge in [0, 0.05) is 0 Å². The summed E-state index contributed by atoms with van der Waals surface area (Å²) in [5.74, 6) is -0.579. The Hall–Kier alpha value is -0.690. The molecule has 0 aliphatic heterocycles. The predicted molar refractivity (Wildman–Crippen MR) is 252 cm³/mol. The molecule has 5 N–H and O–H groups in total. The SMILES string of the molecule is CCCCCCCCCCCCCCCCCCCCCCCCCCCCCCCCCCC(O)C(=O)NC(CO)C(O)C(O)CCCCCCCCCCCC. The van der Waals surface area contributed by atoms with Crippen LogP contribution < -0.4 is 5.32 Å². The lowest BCUT2D eigenvalue weighted by atomic mass is 9.99. The molecule has 4 atom stereocenters. The van der Waals surface area contributed by atoms with E-state index >= 15 is 0 Å². The Morgan fingerprint density at radius 3 is 0.828 bits per heavy atom. The zero-order chi connectivity index (χ0) is 42.4. The normalized spacial score (nSPS) is 13.8. The second-order valence-electron chi connectivity index (χ2n) is 18.6. The largest absolute Gasteiger partial charge is 0.394 e. The molecule has 6 heteroatoms. The van der Waals surface area contributed by atoms with Crippen molar-refractivity contribution in [3.05, 3.63) is 0 Å². The third-order valence-corrected chi connectivity index (χ3v) is 12.8. The quantitative estimate of drug-likeness (QED) is 0.0393. The second-order valence-corrected chi connectivity index (χ2v) is 18.6. The third-order valence-electron chi connectivity index (χ3n) is 12.8. The average molecular weight is 824 g/mol. The van der Waals surface area contributed by atoms with Crippen molar-refractivity contribution in [3.63, 3.8) is 0 Å². The van der Waals surface area contributed by atoms with Crippen LogP contribution in [0.15, 0.2) is 0 Å². The van der Waals surface area contributed by atoms with E-state index in [2.05, 4.69) is 19.2 Å². The molecule has 0 aliphatic carbocycles. The van der Waals surface area contributed by atoms with Crippen LogP contribution in [0, 0.1) is 0 Å². The number of aliphatic hydroxyl groups is 4. The van der Waals surface area contributed by atoms with E-state index in [1.54, 1.807) is 0 Å². The summed E-state index contributed by atoms with van der Waals surface area (Å²) in [6.45, 7) is 4.06. The highest BCUT2D eigenvalue weighted by Gasteiger charge is 2.28. The lowest BCUT2D eigenvalue weighted by Gasteiger charge is -2.27. The minimum Gasteiger partial charge on any atom is -0.394 e. The van der Waals surface area contributed by atoms with Gasteiger partial charge in [-0.1, -0.05) is 284 Å². The predicted octanol–water partition coefficient (Wildman–Crippen LogP) is 14.8. The van der Waals surface area contributed by atoms with E-state index in [1.807, 2.05) is 0 Å². The molecule has 1 amide bonds. The summed E-state index contributed by atoms with van der Waals surface area (Å²) in [4.78, 5) is 12.5. The maximum absolute atomic E-state index is 12.5. The van der Waals surface area contributed by atoms with Gasteiger partial charge < -0.3 is 25.7 Å². The van der Waals surface area contributed by atoms with Gasteiger partial charge in [-0.25, -0.2) is 0 Å². The Labute approximate surface area is 362 Å². The van der Waals surface area contributed by atoms with E-state index < -0.39 is 36.9 Å². The number of carbonyl (C=O) groups excluding carboxylic acids is 1. The first kappa shape index (κ1) is 57.3. The Morgan fingerprint density at radius 2 is 0.586 bits per heavy atom. The van der Waals surface area contributed by atoms with Crippen LogP contribution in [-0.2, 0) is 4.79 Å². The molecule has 0 aromatic heterocycles. The molecule has 6 nitrogen and oxygen atoms in total. The zero-order valence-corrected chi connectivity index (χ0v) is 39.3. The Morgan fingerprint density at radius 1 is 0.362 bits per heavy atom. The number of nitrogens with one attached hydrogen (secondary N) is 1. The molecule has 0 aromatic carbocycles. The number of rotatable bonds is 49. The first-order valence-electron chi connectivity index (χ1n) is 26.4. The zero-order valence-electron chi connectivity index (χ0n) is 39.3. The Kier molecular flexibility index (Phi) is 46.8. The van der Waals surface area contributed by atoms with Crippen LogP contribution in [-0.4, -0.2) is 57.3 Å². The molecule has 0 radical (unpaired) electrons. The van der Waals surface area contributed by atoms with Crippen LogP contribution in [0.25, 0.3) is 0 Å². The summed E-state index contributed by atoms with van der Waals surface area (Å²) in [5.41, 5.74) is 0. The van der Waals surface area contributed by atoms with Gasteiger partial charge in [0.15, 0.2) is 0 Å². The third kappa shape index (κ3) is 40.7. The van der Waals surface area contributed by atoms with Crippen molar-refractivity contribution in [1.29, 1.82) is 0 Å². The van der Waals surface area contributed by atoms with E-state index in [1.165, 1.54) is 231 Å². The molecule has 0 heterocycles. The van der Waals surface area contributed by atoms with Gasteiger partial charge >= 0.3 is 0 Å². The van der Waals surface area contributed by atoms with Gasteiger partial charge in [0.25, 0.3) is 0 Å². The van der Waals surface area contributed by atoms with Gasteiger partial charge in [0.2, 0.25) is 5.91 Å². The number of hydrogen-bond acceptors (Lipinski definition) is 5. The van der Waals surface area contributed by atoms with Crippen molar-refractivity contribution < 1.29 is 25.2 Å². The van der Waals surface area contributed by atoms with Crippen LogP contribution in [0.2, 0.25) is 0 Å². The highest BCUT2D eigenvalue weighted by Crippen LogP contribution is 2.18. The monoisotopic (exact) mass is 824 g/mol. The van der Waals surface area contributed by atoms with E-state index in [-0.39, 0.29) is 0 Å². The number of unbranched alkanes of at least 4 members (excludes halogenated alkanes) is 40. The molecular weight excluding hydrogens is 719 g/mol. The molecule has 0 spiro atoms. The lowest BCUT2D eigenvalue weighted by molar-refractivity contribution is -0.132. The maximum atomic E-state index is 12.5. The number of aliphatic hydroxyl groups excluding tert-OH is 4. The smallest absolute Gasteiger partial charge is 0.249 e. The standard InChI is InChI=1S/C52H105NO5/c1-3-5-7-9-11-13-15-16-17-18-19-20-21-22-23-24-25-26-27-28-29-30-31-32-33-34-35-36-38-40-42-44-46-50(56)52(58)53-48(47-54)51(57)49(55)45-43-41-39-37-14-12-10-8-6-4-2/h48-51,54-57H,3-47H2,1-2H3,(H,53,58). The van der Waals surface area contributed by atoms with Crippen LogP contribution in [0.4, 0.5) is 0 Å². The number of hydrogen-bond donors (Lipinski definition) is 5. The maximum Gasteiger partial charge on any atom is 0.249 e. The van der Waals surface area contributed by atoms with Crippen molar-refractivity contribution in [1.82, 2.24) is 5.32 Å². The topological polar surface area (TPSA) is 110 Å². The minimum absolute atomic E-state index is 0.376. The minimum atomic E-state index is -1.25. The second kappa shape index (κ2) is 47.4. The Bertz CT molecular complexity index is 796. The van der Waals surface area contributed by atoms with E-state index in [4.69, 9.17) is 0 Å². The molecular formula is C52H105NO5. The van der Waals surface area contributed by atoms with Crippen molar-refractivity contribution in [2.24, 2.45) is 0 Å². The fraction of sp³-hybridized carbons (Fsp3) is 0.981. The summed E-state index contributed by atoms with van der Waals surface area (Å²) in [6, 6.07) is -0.978. The molecule has 0 saturated heterocycles. The first-order valence-corrected chi connectivity index (χ1v) is 26.4. The van der Waals surface area contributed by atoms with Gasteiger partial charge in [0.05, 0.1) is 18.8 Å². The number of amides is 1. The summed E-state index contributed by atoms with van der Waals surface area (Å²) in [7, 11) is 0. The van der Waals surface area contributed by atoms with Gasteiger partial charge in [-0.05, 0) is 12.8 Å². The summed E-state index contributed by atoms with van der Waals surface area (Å²) in [6.07, 6.45) is 53.3. The average Bonchev–Trinajstić information content (AvgIpc) is 3.23. The Balaban J connectivity index is 3.48. The van der Waals surface area contributed by atoms with Gasteiger partial charge in [0.1, 0.15) is 12.2 Å². The summed E-state index contributed by atoms with van der Waals surface area (Å²) < 4.78 is 0. The van der Waals surface area contributed by atoms with E-state index in [9.17, 15) is 25.2 Å². The van der Waals surface area contributed by atoms with Crippen molar-refractivity contribution >= 4 is 5.91 Å². The van der Waals surface area contributed by atoms with Crippen LogP contribution in [0.3, 0.4) is 0 Å². The van der Waals surface area contributed by atoms with Crippen LogP contribution in [0.1, 0.15) is 296 Å². The lowest BCUT2D eigenvalue weighted by Crippen LogP contribution is -2.53. The van der Waals surface area contributed by atoms with Crippen LogP contribution in [0.5, 0.6) is 0 Å². The molecule has 0 saturated carbocycles. The van der Waals surface area contributed by atoms with E-state index in [0.29, 0.717) is 12.8 Å². The molecule has 0 bridgehead atoms. The molecule has 58 heavy (non-hydrogen) atoms. The van der Waals surface area contributed by atoms with Gasteiger partial charge in [-0.15, -0.1) is 0 Å². The highest BCUT2D eigenvalue weighted by molar-refractivity contribution is 5.80. The molecule has 4 unspecified atom stereocenters. The molecule has 0 aliphatic rings. The molecule has 0 rings (SSSR count). The van der Waals surface area contributed by atoms with Crippen molar-refractivity contribution in [3.8, 4) is 0 Å². The van der Waals surface area contributed by atoms with Crippen LogP contribution >= 0.6 is 0 Å². The molecule has 348 valence electrons.